The summed E-state index contributed by atoms with van der Waals surface area (Å²) < 4.78 is 38.2. The standard InChI is InChI=1S/C25H27F3N4O2S/c1-4-17-5-7-19(8-6-17)23(34)32(15-16(2)3)14-13-21(33)29-24-31-30-22(35-24)18-9-11-20(12-10-18)25(26,27)28/h5-12,16H,4,13-15H2,1-3H3,(H,29,31,33). The Hall–Kier alpha value is -3.27. The Bertz CT molecular complexity index is 1140. The number of rotatable bonds is 9. The van der Waals surface area contributed by atoms with Gasteiger partial charge in [0.2, 0.25) is 11.0 Å². The lowest BCUT2D eigenvalue weighted by molar-refractivity contribution is -0.137. The van der Waals surface area contributed by atoms with E-state index in [1.54, 1.807) is 17.0 Å². The van der Waals surface area contributed by atoms with Crippen molar-refractivity contribution in [3.63, 3.8) is 0 Å². The monoisotopic (exact) mass is 504 g/mol. The number of nitrogens with zero attached hydrogens (tertiary/aromatic N) is 3. The first-order valence-electron chi connectivity index (χ1n) is 11.3. The number of benzene rings is 2. The quantitative estimate of drug-likeness (QED) is 0.393. The second-order valence-corrected chi connectivity index (χ2v) is 9.46. The van der Waals surface area contributed by atoms with Crippen LogP contribution in [0, 0.1) is 5.92 Å². The highest BCUT2D eigenvalue weighted by Crippen LogP contribution is 2.32. The number of hydrogen-bond acceptors (Lipinski definition) is 5. The maximum atomic E-state index is 13.0. The Kier molecular flexibility index (Phi) is 8.61. The van der Waals surface area contributed by atoms with E-state index in [0.717, 1.165) is 35.5 Å². The van der Waals surface area contributed by atoms with Crippen LogP contribution in [-0.4, -0.2) is 40.0 Å². The number of carbonyl (C=O) groups excluding carboxylic acids is 2. The summed E-state index contributed by atoms with van der Waals surface area (Å²) in [5.74, 6) is -0.232. The lowest BCUT2D eigenvalue weighted by Crippen LogP contribution is -2.36. The van der Waals surface area contributed by atoms with Gasteiger partial charge in [-0.2, -0.15) is 13.2 Å². The Labute approximate surface area is 206 Å². The summed E-state index contributed by atoms with van der Waals surface area (Å²) in [5.41, 5.74) is 1.44. The molecule has 186 valence electrons. The van der Waals surface area contributed by atoms with Crippen molar-refractivity contribution in [1.29, 1.82) is 0 Å². The van der Waals surface area contributed by atoms with Crippen molar-refractivity contribution in [2.75, 3.05) is 18.4 Å². The van der Waals surface area contributed by atoms with Crippen LogP contribution >= 0.6 is 11.3 Å². The van der Waals surface area contributed by atoms with Crippen molar-refractivity contribution in [1.82, 2.24) is 15.1 Å². The molecule has 0 saturated heterocycles. The number of anilines is 1. The summed E-state index contributed by atoms with van der Waals surface area (Å²) in [6.45, 7) is 6.81. The molecule has 0 unspecified atom stereocenters. The maximum absolute atomic E-state index is 13.0. The molecule has 0 aliphatic heterocycles. The molecule has 2 aromatic carbocycles. The van der Waals surface area contributed by atoms with Gasteiger partial charge in [-0.05, 0) is 42.2 Å². The number of carbonyl (C=O) groups is 2. The third-order valence-electron chi connectivity index (χ3n) is 5.22. The van der Waals surface area contributed by atoms with Crippen molar-refractivity contribution in [2.45, 2.75) is 39.8 Å². The Morgan fingerprint density at radius 2 is 1.69 bits per heavy atom. The second-order valence-electron chi connectivity index (χ2n) is 8.48. The van der Waals surface area contributed by atoms with Gasteiger partial charge in [-0.1, -0.05) is 56.4 Å². The minimum Gasteiger partial charge on any atom is -0.338 e. The molecular weight excluding hydrogens is 477 g/mol. The van der Waals surface area contributed by atoms with Gasteiger partial charge in [0.15, 0.2) is 0 Å². The molecule has 0 fully saturated rings. The van der Waals surface area contributed by atoms with Crippen LogP contribution in [0.25, 0.3) is 10.6 Å². The fraction of sp³-hybridized carbons (Fsp3) is 0.360. The van der Waals surface area contributed by atoms with E-state index >= 15 is 0 Å². The SMILES string of the molecule is CCc1ccc(C(=O)N(CCC(=O)Nc2nnc(-c3ccc(C(F)(F)F)cc3)s2)CC(C)C)cc1. The van der Waals surface area contributed by atoms with Crippen molar-refractivity contribution >= 4 is 28.3 Å². The number of nitrogens with one attached hydrogen (secondary N) is 1. The fourth-order valence-electron chi connectivity index (χ4n) is 3.39. The van der Waals surface area contributed by atoms with Gasteiger partial charge in [0, 0.05) is 30.6 Å². The third-order valence-corrected chi connectivity index (χ3v) is 6.11. The van der Waals surface area contributed by atoms with Crippen LogP contribution in [0.2, 0.25) is 0 Å². The zero-order valence-corrected chi connectivity index (χ0v) is 20.5. The first-order chi connectivity index (χ1) is 16.6. The molecule has 0 saturated carbocycles. The van der Waals surface area contributed by atoms with Crippen LogP contribution in [0.15, 0.2) is 48.5 Å². The molecule has 3 aromatic rings. The summed E-state index contributed by atoms with van der Waals surface area (Å²) in [5, 5.41) is 11.2. The van der Waals surface area contributed by atoms with Crippen molar-refractivity contribution in [2.24, 2.45) is 5.92 Å². The number of amides is 2. The van der Waals surface area contributed by atoms with Gasteiger partial charge in [-0.15, -0.1) is 10.2 Å². The smallest absolute Gasteiger partial charge is 0.338 e. The predicted molar refractivity (Wildman–Crippen MR) is 130 cm³/mol. The average molecular weight is 505 g/mol. The van der Waals surface area contributed by atoms with Crippen LogP contribution in [0.4, 0.5) is 18.3 Å². The fourth-order valence-corrected chi connectivity index (χ4v) is 4.16. The summed E-state index contributed by atoms with van der Waals surface area (Å²) in [7, 11) is 0. The Morgan fingerprint density at radius 3 is 2.26 bits per heavy atom. The molecule has 0 aliphatic rings. The lowest BCUT2D eigenvalue weighted by atomic mass is 10.1. The van der Waals surface area contributed by atoms with E-state index in [2.05, 4.69) is 15.5 Å². The van der Waals surface area contributed by atoms with Crippen LogP contribution in [0.3, 0.4) is 0 Å². The molecule has 2 amide bonds. The highest BCUT2D eigenvalue weighted by atomic mass is 32.1. The molecule has 0 atom stereocenters. The first-order valence-corrected chi connectivity index (χ1v) is 12.1. The molecule has 6 nitrogen and oxygen atoms in total. The van der Waals surface area contributed by atoms with E-state index in [0.29, 0.717) is 22.7 Å². The molecule has 1 aromatic heterocycles. The van der Waals surface area contributed by atoms with Crippen LogP contribution in [0.1, 0.15) is 48.7 Å². The molecule has 10 heteroatoms. The predicted octanol–water partition coefficient (Wildman–Crippen LogP) is 5.91. The van der Waals surface area contributed by atoms with E-state index in [4.69, 9.17) is 0 Å². The van der Waals surface area contributed by atoms with Gasteiger partial charge in [0.05, 0.1) is 5.56 Å². The highest BCUT2D eigenvalue weighted by Gasteiger charge is 2.30. The molecule has 1 heterocycles. The van der Waals surface area contributed by atoms with Gasteiger partial charge in [-0.25, -0.2) is 0 Å². The second kappa shape index (κ2) is 11.4. The number of hydrogen-bond donors (Lipinski definition) is 1. The normalized spacial score (nSPS) is 11.5. The van der Waals surface area contributed by atoms with Crippen LogP contribution in [0.5, 0.6) is 0 Å². The van der Waals surface area contributed by atoms with E-state index in [-0.39, 0.29) is 35.8 Å². The minimum atomic E-state index is -4.41. The summed E-state index contributed by atoms with van der Waals surface area (Å²) in [4.78, 5) is 27.2. The molecule has 3 rings (SSSR count). The zero-order valence-electron chi connectivity index (χ0n) is 19.7. The van der Waals surface area contributed by atoms with Gasteiger partial charge in [-0.3, -0.25) is 9.59 Å². The summed E-state index contributed by atoms with van der Waals surface area (Å²) >= 11 is 1.06. The van der Waals surface area contributed by atoms with E-state index in [9.17, 15) is 22.8 Å². The van der Waals surface area contributed by atoms with Gasteiger partial charge < -0.3 is 10.2 Å². The van der Waals surface area contributed by atoms with E-state index in [1.807, 2.05) is 32.9 Å². The molecule has 1 N–H and O–H groups in total. The Balaban J connectivity index is 1.60. The van der Waals surface area contributed by atoms with Crippen molar-refractivity contribution < 1.29 is 22.8 Å². The summed E-state index contributed by atoms with van der Waals surface area (Å²) in [6.07, 6.45) is -3.46. The largest absolute Gasteiger partial charge is 0.416 e. The van der Waals surface area contributed by atoms with Crippen molar-refractivity contribution in [3.8, 4) is 10.6 Å². The average Bonchev–Trinajstić information content (AvgIpc) is 3.29. The minimum absolute atomic E-state index is 0.0701. The van der Waals surface area contributed by atoms with Crippen molar-refractivity contribution in [3.05, 3.63) is 65.2 Å². The van der Waals surface area contributed by atoms with Gasteiger partial charge in [0.25, 0.3) is 5.91 Å². The third kappa shape index (κ3) is 7.35. The first kappa shape index (κ1) is 26.3. The highest BCUT2D eigenvalue weighted by molar-refractivity contribution is 7.18. The number of aryl methyl sites for hydroxylation is 1. The lowest BCUT2D eigenvalue weighted by Gasteiger charge is -2.24. The maximum Gasteiger partial charge on any atom is 0.416 e. The van der Waals surface area contributed by atoms with Gasteiger partial charge in [0.1, 0.15) is 5.01 Å². The molecule has 0 spiro atoms. The van der Waals surface area contributed by atoms with Crippen LogP contribution < -0.4 is 5.32 Å². The van der Waals surface area contributed by atoms with Crippen LogP contribution in [-0.2, 0) is 17.4 Å². The topological polar surface area (TPSA) is 75.2 Å². The molecule has 35 heavy (non-hydrogen) atoms. The Morgan fingerprint density at radius 1 is 1.03 bits per heavy atom. The molecule has 0 radical (unpaired) electrons. The summed E-state index contributed by atoms with van der Waals surface area (Å²) in [6, 6.07) is 12.1. The van der Waals surface area contributed by atoms with E-state index < -0.39 is 11.7 Å². The molecule has 0 aliphatic carbocycles. The van der Waals surface area contributed by atoms with E-state index in [1.165, 1.54) is 12.1 Å². The molecule has 0 bridgehead atoms. The number of halogens is 3. The number of aromatic nitrogens is 2. The zero-order chi connectivity index (χ0) is 25.6. The van der Waals surface area contributed by atoms with Gasteiger partial charge >= 0.3 is 6.18 Å². The number of alkyl halides is 3. The molecular formula is C25H27F3N4O2S.